The Morgan fingerprint density at radius 3 is 2.50 bits per heavy atom. The summed E-state index contributed by atoms with van der Waals surface area (Å²) in [5, 5.41) is 2.89. The van der Waals surface area contributed by atoms with Gasteiger partial charge in [-0.15, -0.1) is 0 Å². The fourth-order valence-electron chi connectivity index (χ4n) is 3.53. The van der Waals surface area contributed by atoms with Gasteiger partial charge in [0, 0.05) is 25.3 Å². The molecular formula is C21H28N4O3. The minimum Gasteiger partial charge on any atom is -0.494 e. The predicted molar refractivity (Wildman–Crippen MR) is 108 cm³/mol. The van der Waals surface area contributed by atoms with E-state index in [2.05, 4.69) is 10.3 Å². The molecule has 0 atom stereocenters. The van der Waals surface area contributed by atoms with Crippen LogP contribution >= 0.6 is 0 Å². The summed E-state index contributed by atoms with van der Waals surface area (Å²) in [6.07, 6.45) is 2.74. The summed E-state index contributed by atoms with van der Waals surface area (Å²) in [6.45, 7) is 8.37. The lowest BCUT2D eigenvalue weighted by Gasteiger charge is -2.21. The number of hydrogen-bond acceptors (Lipinski definition) is 4. The predicted octanol–water partition coefficient (Wildman–Crippen LogP) is 3.35. The number of carbonyl (C=O) groups excluding carboxylic acids is 2. The van der Waals surface area contributed by atoms with Gasteiger partial charge >= 0.3 is 0 Å². The van der Waals surface area contributed by atoms with Crippen molar-refractivity contribution in [3.63, 3.8) is 0 Å². The van der Waals surface area contributed by atoms with Crippen LogP contribution in [-0.2, 0) is 13.0 Å². The van der Waals surface area contributed by atoms with Gasteiger partial charge in [-0.05, 0) is 64.3 Å². The summed E-state index contributed by atoms with van der Waals surface area (Å²) in [7, 11) is 0. The van der Waals surface area contributed by atoms with Crippen molar-refractivity contribution in [2.45, 2.75) is 46.6 Å². The van der Waals surface area contributed by atoms with E-state index in [1.807, 2.05) is 37.5 Å². The van der Waals surface area contributed by atoms with Gasteiger partial charge in [-0.1, -0.05) is 0 Å². The Kier molecular flexibility index (Phi) is 6.34. The molecule has 1 N–H and O–H groups in total. The Morgan fingerprint density at radius 1 is 1.14 bits per heavy atom. The first-order valence-corrected chi connectivity index (χ1v) is 10.0. The highest BCUT2D eigenvalue weighted by atomic mass is 16.5. The minimum absolute atomic E-state index is 0.117. The summed E-state index contributed by atoms with van der Waals surface area (Å²) in [4.78, 5) is 32.0. The average Bonchev–Trinajstić information content (AvgIpc) is 3.10. The fourth-order valence-corrected chi connectivity index (χ4v) is 3.53. The normalized spacial score (nSPS) is 13.0. The van der Waals surface area contributed by atoms with Crippen LogP contribution in [0.1, 0.15) is 60.4 Å². The number of nitrogens with zero attached hydrogens (tertiary/aromatic N) is 3. The molecule has 2 amide bonds. The van der Waals surface area contributed by atoms with E-state index >= 15 is 0 Å². The molecule has 7 nitrogen and oxygen atoms in total. The molecule has 0 saturated carbocycles. The molecule has 1 aliphatic rings. The lowest BCUT2D eigenvalue weighted by Crippen LogP contribution is -2.33. The van der Waals surface area contributed by atoms with Crippen molar-refractivity contribution in [1.29, 1.82) is 0 Å². The number of hydrogen-bond donors (Lipinski definition) is 1. The summed E-state index contributed by atoms with van der Waals surface area (Å²) in [5.41, 5.74) is 1.87. The van der Waals surface area contributed by atoms with Crippen LogP contribution in [0.25, 0.3) is 0 Å². The van der Waals surface area contributed by atoms with E-state index in [4.69, 9.17) is 4.74 Å². The number of anilines is 1. The monoisotopic (exact) mass is 384 g/mol. The third kappa shape index (κ3) is 4.03. The second-order valence-electron chi connectivity index (χ2n) is 6.73. The topological polar surface area (TPSA) is 76.5 Å². The molecule has 1 aromatic heterocycles. The molecule has 1 aromatic carbocycles. The van der Waals surface area contributed by atoms with Gasteiger partial charge < -0.3 is 19.5 Å². The van der Waals surface area contributed by atoms with Crippen molar-refractivity contribution in [2.75, 3.05) is 25.0 Å². The molecule has 0 bridgehead atoms. The zero-order valence-electron chi connectivity index (χ0n) is 16.8. The summed E-state index contributed by atoms with van der Waals surface area (Å²) in [6, 6.07) is 7.23. The molecule has 28 heavy (non-hydrogen) atoms. The van der Waals surface area contributed by atoms with E-state index in [0.29, 0.717) is 36.9 Å². The van der Waals surface area contributed by atoms with Gasteiger partial charge in [0.25, 0.3) is 11.8 Å². The molecule has 0 spiro atoms. The summed E-state index contributed by atoms with van der Waals surface area (Å²) >= 11 is 0. The first kappa shape index (κ1) is 19.9. The zero-order chi connectivity index (χ0) is 20.1. The van der Waals surface area contributed by atoms with Crippen LogP contribution in [0.3, 0.4) is 0 Å². The van der Waals surface area contributed by atoms with Crippen molar-refractivity contribution >= 4 is 17.5 Å². The number of carbonyl (C=O) groups is 2. The highest BCUT2D eigenvalue weighted by molar-refractivity contribution is 6.05. The maximum atomic E-state index is 12.9. The van der Waals surface area contributed by atoms with Crippen molar-refractivity contribution < 1.29 is 14.3 Å². The smallest absolute Gasteiger partial charge is 0.289 e. The molecule has 3 rings (SSSR count). The highest BCUT2D eigenvalue weighted by Gasteiger charge is 2.29. The number of nitrogens with one attached hydrogen (secondary N) is 1. The number of amides is 2. The maximum absolute atomic E-state index is 12.9. The van der Waals surface area contributed by atoms with Gasteiger partial charge in [0.1, 0.15) is 5.75 Å². The number of imidazole rings is 1. The molecule has 0 aliphatic carbocycles. The number of aromatic nitrogens is 2. The molecule has 0 unspecified atom stereocenters. The van der Waals surface area contributed by atoms with E-state index in [1.54, 1.807) is 17.0 Å². The standard InChI is InChI=1S/C21H28N4O3/c1-4-24(5-2)21(27)19-23-18(17-9-7-8-14-25(17)19)20(26)22-15-10-12-16(13-11-15)28-6-3/h10-13H,4-9,14H2,1-3H3,(H,22,26). The van der Waals surface area contributed by atoms with Crippen LogP contribution in [0, 0.1) is 0 Å². The lowest BCUT2D eigenvalue weighted by molar-refractivity contribution is 0.0754. The molecule has 0 fully saturated rings. The Labute approximate surface area is 165 Å². The van der Waals surface area contributed by atoms with Gasteiger partial charge in [-0.25, -0.2) is 4.98 Å². The van der Waals surface area contributed by atoms with Crippen molar-refractivity contribution in [1.82, 2.24) is 14.5 Å². The van der Waals surface area contributed by atoms with Gasteiger partial charge in [0.2, 0.25) is 0 Å². The number of benzene rings is 1. The average molecular weight is 384 g/mol. The van der Waals surface area contributed by atoms with Gasteiger partial charge in [-0.2, -0.15) is 0 Å². The van der Waals surface area contributed by atoms with Crippen LogP contribution < -0.4 is 10.1 Å². The Bertz CT molecular complexity index is 838. The van der Waals surface area contributed by atoms with Gasteiger partial charge in [0.15, 0.2) is 11.5 Å². The lowest BCUT2D eigenvalue weighted by atomic mass is 10.1. The first-order valence-electron chi connectivity index (χ1n) is 10.0. The van der Waals surface area contributed by atoms with Crippen LogP contribution in [0.4, 0.5) is 5.69 Å². The van der Waals surface area contributed by atoms with E-state index in [1.165, 1.54) is 0 Å². The SMILES string of the molecule is CCOc1ccc(NC(=O)c2nc(C(=O)N(CC)CC)n3c2CCCC3)cc1. The van der Waals surface area contributed by atoms with E-state index in [9.17, 15) is 9.59 Å². The summed E-state index contributed by atoms with van der Waals surface area (Å²) < 4.78 is 7.36. The Morgan fingerprint density at radius 2 is 1.86 bits per heavy atom. The molecule has 2 heterocycles. The minimum atomic E-state index is -0.284. The molecule has 0 saturated heterocycles. The van der Waals surface area contributed by atoms with E-state index in [0.717, 1.165) is 37.3 Å². The second kappa shape index (κ2) is 8.91. The molecule has 0 radical (unpaired) electrons. The highest BCUT2D eigenvalue weighted by Crippen LogP contribution is 2.23. The molecule has 1 aliphatic heterocycles. The zero-order valence-corrected chi connectivity index (χ0v) is 16.8. The van der Waals surface area contributed by atoms with Gasteiger partial charge in [-0.3, -0.25) is 9.59 Å². The molecule has 7 heteroatoms. The van der Waals surface area contributed by atoms with Crippen LogP contribution in [0.5, 0.6) is 5.75 Å². The Hall–Kier alpha value is -2.83. The third-order valence-electron chi connectivity index (χ3n) is 5.00. The van der Waals surface area contributed by atoms with Crippen molar-refractivity contribution in [3.05, 3.63) is 41.5 Å². The fraction of sp³-hybridized carbons (Fsp3) is 0.476. The quantitative estimate of drug-likeness (QED) is 0.794. The molecule has 2 aromatic rings. The third-order valence-corrected chi connectivity index (χ3v) is 5.00. The van der Waals surface area contributed by atoms with Crippen LogP contribution in [0.15, 0.2) is 24.3 Å². The second-order valence-corrected chi connectivity index (χ2v) is 6.73. The Balaban J connectivity index is 1.86. The largest absolute Gasteiger partial charge is 0.494 e. The number of ether oxygens (including phenoxy) is 1. The molecule has 150 valence electrons. The van der Waals surface area contributed by atoms with Gasteiger partial charge in [0.05, 0.1) is 12.3 Å². The van der Waals surface area contributed by atoms with Crippen LogP contribution in [0.2, 0.25) is 0 Å². The summed E-state index contributed by atoms with van der Waals surface area (Å²) in [5.74, 6) is 0.726. The maximum Gasteiger partial charge on any atom is 0.289 e. The van der Waals surface area contributed by atoms with Crippen molar-refractivity contribution in [2.24, 2.45) is 0 Å². The number of fused-ring (bicyclic) bond motifs is 1. The molecular weight excluding hydrogens is 356 g/mol. The first-order chi connectivity index (χ1) is 13.6. The number of rotatable bonds is 7. The van der Waals surface area contributed by atoms with E-state index < -0.39 is 0 Å². The van der Waals surface area contributed by atoms with Crippen molar-refractivity contribution in [3.8, 4) is 5.75 Å². The van der Waals surface area contributed by atoms with Crippen LogP contribution in [-0.4, -0.2) is 46.0 Å². The van der Waals surface area contributed by atoms with E-state index in [-0.39, 0.29) is 11.8 Å².